The second-order valence-corrected chi connectivity index (χ2v) is 5.67. The van der Waals surface area contributed by atoms with Crippen LogP contribution in [0.1, 0.15) is 32.0 Å². The van der Waals surface area contributed by atoms with Crippen molar-refractivity contribution in [2.75, 3.05) is 0 Å². The number of non-ortho nitro benzene ring substituents is 1. The van der Waals surface area contributed by atoms with Crippen molar-refractivity contribution in [2.45, 2.75) is 38.5 Å². The molecular weight excluding hydrogens is 258 g/mol. The number of nitrogens with one attached hydrogen (secondary N) is 1. The Morgan fingerprint density at radius 1 is 1.30 bits per heavy atom. The largest absolute Gasteiger partial charge is 0.318 e. The Kier molecular flexibility index (Phi) is 2.97. The molecule has 20 heavy (non-hydrogen) atoms. The average Bonchev–Trinajstić information content (AvgIpc) is 3.06. The van der Waals surface area contributed by atoms with Gasteiger partial charge in [0, 0.05) is 18.2 Å². The highest BCUT2D eigenvalue weighted by Gasteiger charge is 2.49. The molecule has 0 aromatic heterocycles. The maximum atomic E-state index is 12.2. The number of nitro groups is 1. The number of carbonyl (C=O) groups is 1. The smallest absolute Gasteiger partial charge is 0.269 e. The van der Waals surface area contributed by atoms with E-state index in [2.05, 4.69) is 12.2 Å². The van der Waals surface area contributed by atoms with Crippen molar-refractivity contribution in [2.24, 2.45) is 5.92 Å². The summed E-state index contributed by atoms with van der Waals surface area (Å²) in [5, 5.41) is 14.0. The lowest BCUT2D eigenvalue weighted by atomic mass is 10.1. The van der Waals surface area contributed by atoms with Crippen LogP contribution >= 0.6 is 0 Å². The van der Waals surface area contributed by atoms with Crippen LogP contribution in [0.2, 0.25) is 0 Å². The lowest BCUT2D eigenvalue weighted by Gasteiger charge is -2.24. The first-order valence-corrected chi connectivity index (χ1v) is 6.81. The fourth-order valence-corrected chi connectivity index (χ4v) is 2.82. The number of nitrogens with zero attached hydrogens (tertiary/aromatic N) is 2. The van der Waals surface area contributed by atoms with Gasteiger partial charge in [0.1, 0.15) is 6.17 Å². The van der Waals surface area contributed by atoms with E-state index >= 15 is 0 Å². The van der Waals surface area contributed by atoms with E-state index in [1.165, 1.54) is 12.1 Å². The molecule has 1 saturated carbocycles. The van der Waals surface area contributed by atoms with E-state index in [-0.39, 0.29) is 23.8 Å². The van der Waals surface area contributed by atoms with E-state index in [0.717, 1.165) is 12.0 Å². The van der Waals surface area contributed by atoms with Gasteiger partial charge < -0.3 is 4.90 Å². The van der Waals surface area contributed by atoms with Gasteiger partial charge in [0.15, 0.2) is 0 Å². The Morgan fingerprint density at radius 3 is 2.40 bits per heavy atom. The van der Waals surface area contributed by atoms with Crippen molar-refractivity contribution in [1.82, 2.24) is 10.2 Å². The molecule has 1 heterocycles. The van der Waals surface area contributed by atoms with Crippen LogP contribution in [-0.4, -0.2) is 27.8 Å². The van der Waals surface area contributed by atoms with Crippen LogP contribution in [0.5, 0.6) is 0 Å². The van der Waals surface area contributed by atoms with Crippen molar-refractivity contribution < 1.29 is 9.72 Å². The van der Waals surface area contributed by atoms with Gasteiger partial charge in [-0.05, 0) is 37.0 Å². The van der Waals surface area contributed by atoms with E-state index in [4.69, 9.17) is 0 Å². The molecule has 1 saturated heterocycles. The Balaban J connectivity index is 1.87. The summed E-state index contributed by atoms with van der Waals surface area (Å²) in [6.07, 6.45) is 0.858. The molecule has 1 aliphatic carbocycles. The monoisotopic (exact) mass is 275 g/mol. The molecule has 0 bridgehead atoms. The summed E-state index contributed by atoms with van der Waals surface area (Å²) in [6, 6.07) is 6.50. The first-order chi connectivity index (χ1) is 9.49. The first kappa shape index (κ1) is 13.1. The minimum absolute atomic E-state index is 0.0671. The summed E-state index contributed by atoms with van der Waals surface area (Å²) in [7, 11) is 0. The normalized spacial score (nSPS) is 32.5. The highest BCUT2D eigenvalue weighted by Crippen LogP contribution is 2.41. The van der Waals surface area contributed by atoms with Crippen LogP contribution in [0.3, 0.4) is 0 Å². The maximum absolute atomic E-state index is 12.2. The number of benzene rings is 1. The molecule has 4 atom stereocenters. The van der Waals surface area contributed by atoms with E-state index in [1.807, 2.05) is 11.8 Å². The Morgan fingerprint density at radius 2 is 1.90 bits per heavy atom. The van der Waals surface area contributed by atoms with Gasteiger partial charge in [-0.2, -0.15) is 0 Å². The van der Waals surface area contributed by atoms with Gasteiger partial charge in [-0.15, -0.1) is 0 Å². The lowest BCUT2D eigenvalue weighted by molar-refractivity contribution is -0.384. The summed E-state index contributed by atoms with van der Waals surface area (Å²) in [6.45, 7) is 3.99. The number of hydrogen-bond acceptors (Lipinski definition) is 4. The van der Waals surface area contributed by atoms with Crippen LogP contribution in [0.25, 0.3) is 0 Å². The Bertz CT molecular complexity index is 557. The van der Waals surface area contributed by atoms with Crippen molar-refractivity contribution in [3.8, 4) is 0 Å². The fourth-order valence-electron chi connectivity index (χ4n) is 2.82. The predicted molar refractivity (Wildman–Crippen MR) is 72.9 cm³/mol. The summed E-state index contributed by atoms with van der Waals surface area (Å²) in [5.74, 6) is 0.648. The molecule has 1 N–H and O–H groups in total. The van der Waals surface area contributed by atoms with Gasteiger partial charge >= 0.3 is 0 Å². The lowest BCUT2D eigenvalue weighted by Crippen LogP contribution is -2.33. The summed E-state index contributed by atoms with van der Waals surface area (Å²) >= 11 is 0. The number of amides is 1. The fraction of sp³-hybridized carbons (Fsp3) is 0.500. The first-order valence-electron chi connectivity index (χ1n) is 6.81. The molecule has 0 radical (unpaired) electrons. The number of hydrogen-bond donors (Lipinski definition) is 1. The number of nitro benzene ring substituents is 1. The molecular formula is C14H17N3O3. The topological polar surface area (TPSA) is 75.5 Å². The Hall–Kier alpha value is -1.95. The van der Waals surface area contributed by atoms with Gasteiger partial charge in [-0.25, -0.2) is 0 Å². The van der Waals surface area contributed by atoms with E-state index in [1.54, 1.807) is 12.1 Å². The molecule has 1 aromatic rings. The summed E-state index contributed by atoms with van der Waals surface area (Å²) in [4.78, 5) is 24.4. The van der Waals surface area contributed by atoms with Crippen LogP contribution in [0.4, 0.5) is 5.69 Å². The van der Waals surface area contributed by atoms with Crippen LogP contribution in [0, 0.1) is 16.0 Å². The third kappa shape index (κ3) is 2.06. The quantitative estimate of drug-likeness (QED) is 0.674. The third-order valence-electron chi connectivity index (χ3n) is 4.15. The standard InChI is InChI=1S/C14H17N3O3/c1-8-7-12(8)16-13(15-9(2)14(16)18)10-3-5-11(6-4-10)17(19)20/h3-6,8-9,12-13,15H,7H2,1-2H3. The third-order valence-corrected chi connectivity index (χ3v) is 4.15. The zero-order valence-corrected chi connectivity index (χ0v) is 11.4. The zero-order chi connectivity index (χ0) is 14.4. The predicted octanol–water partition coefficient (Wildman–Crippen LogP) is 1.82. The molecule has 2 fully saturated rings. The molecule has 2 aliphatic rings. The molecule has 1 aliphatic heterocycles. The van der Waals surface area contributed by atoms with Gasteiger partial charge in [0.25, 0.3) is 5.69 Å². The average molecular weight is 275 g/mol. The second-order valence-electron chi connectivity index (χ2n) is 5.67. The van der Waals surface area contributed by atoms with Crippen molar-refractivity contribution in [3.05, 3.63) is 39.9 Å². The van der Waals surface area contributed by atoms with E-state index in [9.17, 15) is 14.9 Å². The van der Waals surface area contributed by atoms with Crippen molar-refractivity contribution >= 4 is 11.6 Å². The SMILES string of the molecule is CC1NC(c2ccc([N+](=O)[O-])cc2)N(C2CC2C)C1=O. The molecule has 6 heteroatoms. The van der Waals surface area contributed by atoms with Gasteiger partial charge in [-0.1, -0.05) is 6.92 Å². The van der Waals surface area contributed by atoms with Crippen molar-refractivity contribution in [3.63, 3.8) is 0 Å². The molecule has 0 spiro atoms. The maximum Gasteiger partial charge on any atom is 0.269 e. The van der Waals surface area contributed by atoms with Crippen molar-refractivity contribution in [1.29, 1.82) is 0 Å². The van der Waals surface area contributed by atoms with Crippen LogP contribution in [0.15, 0.2) is 24.3 Å². The summed E-state index contributed by atoms with van der Waals surface area (Å²) < 4.78 is 0. The van der Waals surface area contributed by atoms with E-state index < -0.39 is 4.92 Å². The molecule has 3 rings (SSSR count). The minimum Gasteiger partial charge on any atom is -0.318 e. The molecule has 4 unspecified atom stereocenters. The zero-order valence-electron chi connectivity index (χ0n) is 11.4. The van der Waals surface area contributed by atoms with Gasteiger partial charge in [-0.3, -0.25) is 20.2 Å². The molecule has 1 amide bonds. The van der Waals surface area contributed by atoms with Gasteiger partial charge in [0.05, 0.1) is 11.0 Å². The Labute approximate surface area is 116 Å². The summed E-state index contributed by atoms with van der Waals surface area (Å²) in [5.41, 5.74) is 0.963. The second kappa shape index (κ2) is 4.56. The van der Waals surface area contributed by atoms with Gasteiger partial charge in [0.2, 0.25) is 5.91 Å². The molecule has 106 valence electrons. The number of rotatable bonds is 3. The molecule has 6 nitrogen and oxygen atoms in total. The number of carbonyl (C=O) groups excluding carboxylic acids is 1. The van der Waals surface area contributed by atoms with E-state index in [0.29, 0.717) is 12.0 Å². The van der Waals surface area contributed by atoms with Crippen LogP contribution < -0.4 is 5.32 Å². The molecule has 1 aromatic carbocycles. The van der Waals surface area contributed by atoms with Crippen LogP contribution in [-0.2, 0) is 4.79 Å². The highest BCUT2D eigenvalue weighted by atomic mass is 16.6. The minimum atomic E-state index is -0.416. The highest BCUT2D eigenvalue weighted by molar-refractivity contribution is 5.84.